The zero-order valence-corrected chi connectivity index (χ0v) is 10.5. The molecule has 4 heteroatoms. The van der Waals surface area contributed by atoms with Gasteiger partial charge in [-0.2, -0.15) is 0 Å². The van der Waals surface area contributed by atoms with Crippen LogP contribution in [0.15, 0.2) is 12.4 Å². The van der Waals surface area contributed by atoms with Crippen molar-refractivity contribution < 1.29 is 4.74 Å². The van der Waals surface area contributed by atoms with Crippen LogP contribution in [0.3, 0.4) is 0 Å². The van der Waals surface area contributed by atoms with E-state index >= 15 is 0 Å². The number of ether oxygens (including phenoxy) is 1. The quantitative estimate of drug-likeness (QED) is 0.765. The molecule has 2 atom stereocenters. The van der Waals surface area contributed by atoms with Crippen molar-refractivity contribution in [3.63, 3.8) is 0 Å². The van der Waals surface area contributed by atoms with Crippen LogP contribution in [-0.2, 0) is 18.2 Å². The molecule has 0 aliphatic carbocycles. The van der Waals surface area contributed by atoms with E-state index in [1.54, 1.807) is 0 Å². The van der Waals surface area contributed by atoms with Crippen LogP contribution in [0.4, 0.5) is 0 Å². The molecule has 1 rings (SSSR count). The van der Waals surface area contributed by atoms with E-state index in [9.17, 15) is 0 Å². The van der Waals surface area contributed by atoms with E-state index in [0.29, 0.717) is 0 Å². The normalized spacial score (nSPS) is 15.0. The fourth-order valence-electron chi connectivity index (χ4n) is 1.88. The Bertz CT molecular complexity index is 298. The molecule has 0 fully saturated rings. The highest BCUT2D eigenvalue weighted by Gasteiger charge is 2.16. The minimum absolute atomic E-state index is 0.0987. The van der Waals surface area contributed by atoms with E-state index in [0.717, 1.165) is 31.7 Å². The molecule has 0 spiro atoms. The largest absolute Gasteiger partial charge is 0.377 e. The Labute approximate surface area is 97.8 Å². The van der Waals surface area contributed by atoms with Gasteiger partial charge in [-0.1, -0.05) is 6.92 Å². The minimum Gasteiger partial charge on any atom is -0.377 e. The van der Waals surface area contributed by atoms with Crippen molar-refractivity contribution >= 4 is 0 Å². The van der Waals surface area contributed by atoms with Gasteiger partial charge in [-0.25, -0.2) is 4.98 Å². The van der Waals surface area contributed by atoms with Crippen LogP contribution < -0.4 is 5.73 Å². The summed E-state index contributed by atoms with van der Waals surface area (Å²) in [5, 5.41) is 0. The molecule has 1 aromatic heterocycles. The number of rotatable bonds is 7. The summed E-state index contributed by atoms with van der Waals surface area (Å²) in [7, 11) is 2.01. The fourth-order valence-corrected chi connectivity index (χ4v) is 1.88. The lowest BCUT2D eigenvalue weighted by Crippen LogP contribution is -2.37. The molecule has 0 aromatic carbocycles. The maximum atomic E-state index is 6.12. The highest BCUT2D eigenvalue weighted by atomic mass is 16.5. The molecule has 1 heterocycles. The molecule has 0 aliphatic heterocycles. The second-order valence-corrected chi connectivity index (χ2v) is 4.06. The molecule has 4 nitrogen and oxygen atoms in total. The SMILES string of the molecule is CCOC(CC)C(N)CCc1nccn1C. The van der Waals surface area contributed by atoms with Crippen molar-refractivity contribution in [2.24, 2.45) is 12.8 Å². The van der Waals surface area contributed by atoms with Crippen molar-refractivity contribution in [1.82, 2.24) is 9.55 Å². The van der Waals surface area contributed by atoms with Crippen LogP contribution in [0.1, 0.15) is 32.5 Å². The predicted molar refractivity (Wildman–Crippen MR) is 65.2 cm³/mol. The van der Waals surface area contributed by atoms with E-state index in [2.05, 4.69) is 11.9 Å². The van der Waals surface area contributed by atoms with Gasteiger partial charge in [0.1, 0.15) is 5.82 Å². The van der Waals surface area contributed by atoms with Gasteiger partial charge in [0.2, 0.25) is 0 Å². The van der Waals surface area contributed by atoms with Crippen LogP contribution in [0.5, 0.6) is 0 Å². The lowest BCUT2D eigenvalue weighted by Gasteiger charge is -2.22. The molecule has 92 valence electrons. The van der Waals surface area contributed by atoms with Gasteiger partial charge in [0.25, 0.3) is 0 Å². The van der Waals surface area contributed by atoms with E-state index in [-0.39, 0.29) is 12.1 Å². The van der Waals surface area contributed by atoms with Gasteiger partial charge in [0.05, 0.1) is 6.10 Å². The number of aromatic nitrogens is 2. The highest BCUT2D eigenvalue weighted by Crippen LogP contribution is 2.09. The molecular formula is C12H23N3O. The van der Waals surface area contributed by atoms with Crippen LogP contribution in [-0.4, -0.2) is 28.3 Å². The molecule has 0 radical (unpaired) electrons. The van der Waals surface area contributed by atoms with Crippen molar-refractivity contribution in [2.75, 3.05) is 6.61 Å². The number of imidazole rings is 1. The number of aryl methyl sites for hydroxylation is 2. The van der Waals surface area contributed by atoms with Gasteiger partial charge in [0.15, 0.2) is 0 Å². The second kappa shape index (κ2) is 6.66. The van der Waals surface area contributed by atoms with Gasteiger partial charge in [-0.05, 0) is 19.8 Å². The molecule has 2 unspecified atom stereocenters. The van der Waals surface area contributed by atoms with Crippen molar-refractivity contribution in [3.8, 4) is 0 Å². The number of nitrogens with two attached hydrogens (primary N) is 1. The van der Waals surface area contributed by atoms with Gasteiger partial charge in [-0.3, -0.25) is 0 Å². The van der Waals surface area contributed by atoms with Gasteiger partial charge < -0.3 is 15.0 Å². The number of hydrogen-bond acceptors (Lipinski definition) is 3. The summed E-state index contributed by atoms with van der Waals surface area (Å²) in [6, 6.07) is 0.0987. The summed E-state index contributed by atoms with van der Waals surface area (Å²) in [5.74, 6) is 1.09. The average molecular weight is 225 g/mol. The van der Waals surface area contributed by atoms with Crippen LogP contribution in [0.2, 0.25) is 0 Å². The van der Waals surface area contributed by atoms with Crippen LogP contribution in [0.25, 0.3) is 0 Å². The third-order valence-electron chi connectivity index (χ3n) is 2.88. The molecule has 2 N–H and O–H groups in total. The Morgan fingerprint density at radius 1 is 1.50 bits per heavy atom. The third kappa shape index (κ3) is 3.61. The van der Waals surface area contributed by atoms with Crippen LogP contribution in [0, 0.1) is 0 Å². The fraction of sp³-hybridized carbons (Fsp3) is 0.750. The van der Waals surface area contributed by atoms with E-state index in [1.807, 2.05) is 30.9 Å². The average Bonchev–Trinajstić information content (AvgIpc) is 2.68. The lowest BCUT2D eigenvalue weighted by atomic mass is 10.0. The molecule has 0 bridgehead atoms. The maximum Gasteiger partial charge on any atom is 0.108 e. The Morgan fingerprint density at radius 3 is 2.75 bits per heavy atom. The van der Waals surface area contributed by atoms with Gasteiger partial charge >= 0.3 is 0 Å². The molecule has 1 aromatic rings. The van der Waals surface area contributed by atoms with Gasteiger partial charge in [0, 0.05) is 38.5 Å². The van der Waals surface area contributed by atoms with Crippen molar-refractivity contribution in [1.29, 1.82) is 0 Å². The minimum atomic E-state index is 0.0987. The zero-order valence-electron chi connectivity index (χ0n) is 10.5. The highest BCUT2D eigenvalue weighted by molar-refractivity contribution is 4.92. The predicted octanol–water partition coefficient (Wildman–Crippen LogP) is 1.50. The first-order valence-electron chi connectivity index (χ1n) is 6.02. The molecule has 16 heavy (non-hydrogen) atoms. The Hall–Kier alpha value is -0.870. The Balaban J connectivity index is 2.39. The standard InChI is InChI=1S/C12H23N3O/c1-4-11(16-5-2)10(13)6-7-12-14-8-9-15(12)3/h8-11H,4-7,13H2,1-3H3. The second-order valence-electron chi connectivity index (χ2n) is 4.06. The monoisotopic (exact) mass is 225 g/mol. The third-order valence-corrected chi connectivity index (χ3v) is 2.88. The molecule has 0 amide bonds. The summed E-state index contributed by atoms with van der Waals surface area (Å²) in [6.07, 6.45) is 6.75. The number of hydrogen-bond donors (Lipinski definition) is 1. The Morgan fingerprint density at radius 2 is 2.25 bits per heavy atom. The zero-order chi connectivity index (χ0) is 12.0. The molecular weight excluding hydrogens is 202 g/mol. The lowest BCUT2D eigenvalue weighted by molar-refractivity contribution is 0.0396. The number of nitrogens with zero attached hydrogens (tertiary/aromatic N) is 2. The Kier molecular flexibility index (Phi) is 5.49. The smallest absolute Gasteiger partial charge is 0.108 e. The van der Waals surface area contributed by atoms with E-state index in [4.69, 9.17) is 10.5 Å². The summed E-state index contributed by atoms with van der Waals surface area (Å²) in [4.78, 5) is 4.29. The van der Waals surface area contributed by atoms with Crippen molar-refractivity contribution in [3.05, 3.63) is 18.2 Å². The van der Waals surface area contributed by atoms with E-state index < -0.39 is 0 Å². The van der Waals surface area contributed by atoms with Crippen LogP contribution >= 0.6 is 0 Å². The van der Waals surface area contributed by atoms with Gasteiger partial charge in [-0.15, -0.1) is 0 Å². The van der Waals surface area contributed by atoms with E-state index in [1.165, 1.54) is 0 Å². The summed E-state index contributed by atoms with van der Waals surface area (Å²) in [5.41, 5.74) is 6.12. The molecule has 0 aliphatic rings. The summed E-state index contributed by atoms with van der Waals surface area (Å²) < 4.78 is 7.64. The first kappa shape index (κ1) is 13.2. The first-order chi connectivity index (χ1) is 7.69. The summed E-state index contributed by atoms with van der Waals surface area (Å²) >= 11 is 0. The maximum absolute atomic E-state index is 6.12. The first-order valence-corrected chi connectivity index (χ1v) is 6.02. The summed E-state index contributed by atoms with van der Waals surface area (Å²) in [6.45, 7) is 4.85. The molecule has 0 saturated carbocycles. The van der Waals surface area contributed by atoms with Crippen molar-refractivity contribution in [2.45, 2.75) is 45.3 Å². The molecule has 0 saturated heterocycles. The topological polar surface area (TPSA) is 53.1 Å².